The quantitative estimate of drug-likeness (QED) is 0.591. The van der Waals surface area contributed by atoms with Crippen LogP contribution in [0.25, 0.3) is 0 Å². The van der Waals surface area contributed by atoms with E-state index in [0.29, 0.717) is 25.2 Å². The van der Waals surface area contributed by atoms with Gasteiger partial charge in [0, 0.05) is 6.54 Å². The molecule has 1 unspecified atom stereocenters. The summed E-state index contributed by atoms with van der Waals surface area (Å²) < 4.78 is 10.5. The molecule has 0 aliphatic carbocycles. The monoisotopic (exact) mass is 269 g/mol. The SMILES string of the molecule is COC(=O)C(C)(N)CCC=CCn1c(C)noc1=O. The number of carbonyl (C=O) groups excluding carboxylic acids is 1. The summed E-state index contributed by atoms with van der Waals surface area (Å²) >= 11 is 0. The van der Waals surface area contributed by atoms with Crippen LogP contribution in [-0.4, -0.2) is 28.3 Å². The molecule has 19 heavy (non-hydrogen) atoms. The summed E-state index contributed by atoms with van der Waals surface area (Å²) in [5.74, 6) is -0.403. The molecule has 0 aliphatic heterocycles. The van der Waals surface area contributed by atoms with Crippen molar-refractivity contribution in [3.05, 3.63) is 28.5 Å². The Labute approximate surface area is 111 Å². The molecule has 0 fully saturated rings. The Kier molecular flexibility index (Phi) is 5.05. The minimum Gasteiger partial charge on any atom is -0.468 e. The average Bonchev–Trinajstić information content (AvgIpc) is 2.68. The fourth-order valence-corrected chi connectivity index (χ4v) is 1.56. The second-order valence-electron chi connectivity index (χ2n) is 4.53. The second-order valence-corrected chi connectivity index (χ2v) is 4.53. The lowest BCUT2D eigenvalue weighted by Gasteiger charge is -2.20. The molecule has 0 bridgehead atoms. The Morgan fingerprint density at radius 1 is 1.58 bits per heavy atom. The van der Waals surface area contributed by atoms with Gasteiger partial charge in [0.05, 0.1) is 7.11 Å². The highest BCUT2D eigenvalue weighted by molar-refractivity contribution is 5.79. The third-order valence-electron chi connectivity index (χ3n) is 2.80. The number of allylic oxidation sites excluding steroid dienone is 2. The number of rotatable bonds is 6. The van der Waals surface area contributed by atoms with Gasteiger partial charge in [0.2, 0.25) is 0 Å². The van der Waals surface area contributed by atoms with Gasteiger partial charge in [-0.3, -0.25) is 13.9 Å². The fraction of sp³-hybridized carbons (Fsp3) is 0.583. The Hall–Kier alpha value is -1.89. The first kappa shape index (κ1) is 15.2. The van der Waals surface area contributed by atoms with E-state index >= 15 is 0 Å². The van der Waals surface area contributed by atoms with E-state index in [2.05, 4.69) is 14.4 Å². The Bertz CT molecular complexity index is 513. The minimum atomic E-state index is -0.997. The molecule has 1 heterocycles. The van der Waals surface area contributed by atoms with Crippen LogP contribution < -0.4 is 11.5 Å². The first-order valence-electron chi connectivity index (χ1n) is 5.94. The van der Waals surface area contributed by atoms with Crippen molar-refractivity contribution >= 4 is 5.97 Å². The molecule has 1 rings (SSSR count). The molecule has 0 saturated carbocycles. The standard InChI is InChI=1S/C12H19N3O4/c1-9-14-19-11(17)15(9)8-6-4-5-7-12(2,13)10(16)18-3/h4,6H,5,7-8,13H2,1-3H3. The summed E-state index contributed by atoms with van der Waals surface area (Å²) in [7, 11) is 1.31. The van der Waals surface area contributed by atoms with Crippen molar-refractivity contribution < 1.29 is 14.1 Å². The Balaban J connectivity index is 2.44. The van der Waals surface area contributed by atoms with Crippen LogP contribution in [0.4, 0.5) is 0 Å². The number of carbonyl (C=O) groups is 1. The number of nitrogens with two attached hydrogens (primary N) is 1. The number of esters is 1. The highest BCUT2D eigenvalue weighted by atomic mass is 16.5. The molecule has 2 N–H and O–H groups in total. The molecule has 106 valence electrons. The van der Waals surface area contributed by atoms with E-state index in [9.17, 15) is 9.59 Å². The first-order chi connectivity index (χ1) is 8.88. The predicted octanol–water partition coefficient (Wildman–Crippen LogP) is 0.372. The number of aromatic nitrogens is 2. The fourth-order valence-electron chi connectivity index (χ4n) is 1.56. The van der Waals surface area contributed by atoms with Gasteiger partial charge in [-0.05, 0) is 26.7 Å². The lowest BCUT2D eigenvalue weighted by molar-refractivity contribution is -0.146. The molecule has 7 nitrogen and oxygen atoms in total. The maximum Gasteiger partial charge on any atom is 0.441 e. The summed E-state index contributed by atoms with van der Waals surface area (Å²) in [5, 5.41) is 3.55. The zero-order valence-corrected chi connectivity index (χ0v) is 11.4. The normalized spacial score (nSPS) is 14.5. The van der Waals surface area contributed by atoms with E-state index in [0.717, 1.165) is 0 Å². The topological polar surface area (TPSA) is 100 Å². The smallest absolute Gasteiger partial charge is 0.441 e. The first-order valence-corrected chi connectivity index (χ1v) is 5.94. The van der Waals surface area contributed by atoms with Gasteiger partial charge < -0.3 is 10.5 Å². The Morgan fingerprint density at radius 3 is 2.79 bits per heavy atom. The van der Waals surface area contributed by atoms with Crippen LogP contribution in [0.5, 0.6) is 0 Å². The van der Waals surface area contributed by atoms with Crippen molar-refractivity contribution in [3.63, 3.8) is 0 Å². The number of methoxy groups -OCH3 is 1. The second kappa shape index (κ2) is 6.33. The number of aryl methyl sites for hydroxylation is 1. The van der Waals surface area contributed by atoms with Gasteiger partial charge in [-0.25, -0.2) is 4.79 Å². The zero-order chi connectivity index (χ0) is 14.5. The maximum atomic E-state index is 11.3. The van der Waals surface area contributed by atoms with Crippen LogP contribution in [0.2, 0.25) is 0 Å². The molecule has 0 spiro atoms. The lowest BCUT2D eigenvalue weighted by Crippen LogP contribution is -2.45. The van der Waals surface area contributed by atoms with Crippen molar-refractivity contribution in [1.82, 2.24) is 9.72 Å². The summed E-state index contributed by atoms with van der Waals surface area (Å²) in [5.41, 5.74) is 4.81. The van der Waals surface area contributed by atoms with Gasteiger partial charge in [0.1, 0.15) is 5.54 Å². The van der Waals surface area contributed by atoms with Gasteiger partial charge in [0.25, 0.3) is 0 Å². The van der Waals surface area contributed by atoms with E-state index in [1.54, 1.807) is 19.9 Å². The lowest BCUT2D eigenvalue weighted by atomic mass is 9.97. The van der Waals surface area contributed by atoms with Crippen LogP contribution in [0.15, 0.2) is 21.5 Å². The third-order valence-corrected chi connectivity index (χ3v) is 2.80. The van der Waals surface area contributed by atoms with Crippen LogP contribution in [-0.2, 0) is 16.1 Å². The summed E-state index contributed by atoms with van der Waals surface area (Å²) in [4.78, 5) is 22.5. The van der Waals surface area contributed by atoms with E-state index in [1.165, 1.54) is 11.7 Å². The van der Waals surface area contributed by atoms with Gasteiger partial charge in [-0.1, -0.05) is 17.3 Å². The van der Waals surface area contributed by atoms with Gasteiger partial charge in [-0.2, -0.15) is 0 Å². The van der Waals surface area contributed by atoms with Gasteiger partial charge in [0.15, 0.2) is 5.82 Å². The summed E-state index contributed by atoms with van der Waals surface area (Å²) in [6.45, 7) is 3.70. The van der Waals surface area contributed by atoms with Crippen LogP contribution in [0, 0.1) is 6.92 Å². The zero-order valence-electron chi connectivity index (χ0n) is 11.4. The van der Waals surface area contributed by atoms with Crippen LogP contribution >= 0.6 is 0 Å². The van der Waals surface area contributed by atoms with Crippen molar-refractivity contribution in [3.8, 4) is 0 Å². The highest BCUT2D eigenvalue weighted by Crippen LogP contribution is 2.11. The number of ether oxygens (including phenoxy) is 1. The van der Waals surface area contributed by atoms with Gasteiger partial charge in [-0.15, -0.1) is 0 Å². The molecule has 0 amide bonds. The number of hydrogen-bond acceptors (Lipinski definition) is 6. The number of hydrogen-bond donors (Lipinski definition) is 1. The predicted molar refractivity (Wildman–Crippen MR) is 68.5 cm³/mol. The van der Waals surface area contributed by atoms with E-state index in [-0.39, 0.29) is 0 Å². The molecule has 1 aromatic heterocycles. The molecule has 7 heteroatoms. The van der Waals surface area contributed by atoms with Crippen molar-refractivity contribution in [1.29, 1.82) is 0 Å². The molecular formula is C12H19N3O4. The molecule has 0 saturated heterocycles. The van der Waals surface area contributed by atoms with Crippen LogP contribution in [0.1, 0.15) is 25.6 Å². The van der Waals surface area contributed by atoms with Crippen molar-refractivity contribution in [2.45, 2.75) is 38.8 Å². The van der Waals surface area contributed by atoms with Gasteiger partial charge >= 0.3 is 11.7 Å². The molecule has 0 aromatic carbocycles. The highest BCUT2D eigenvalue weighted by Gasteiger charge is 2.28. The largest absolute Gasteiger partial charge is 0.468 e. The van der Waals surface area contributed by atoms with E-state index in [1.807, 2.05) is 6.08 Å². The molecule has 1 aromatic rings. The maximum absolute atomic E-state index is 11.3. The molecule has 0 radical (unpaired) electrons. The molecule has 1 atom stereocenters. The van der Waals surface area contributed by atoms with E-state index in [4.69, 9.17) is 5.73 Å². The van der Waals surface area contributed by atoms with Crippen LogP contribution in [0.3, 0.4) is 0 Å². The molecule has 0 aliphatic rings. The summed E-state index contributed by atoms with van der Waals surface area (Å²) in [6, 6.07) is 0. The third kappa shape index (κ3) is 4.06. The average molecular weight is 269 g/mol. The van der Waals surface area contributed by atoms with Crippen molar-refractivity contribution in [2.75, 3.05) is 7.11 Å². The molecular weight excluding hydrogens is 250 g/mol. The Morgan fingerprint density at radius 2 is 2.26 bits per heavy atom. The minimum absolute atomic E-state index is 0.383. The van der Waals surface area contributed by atoms with Crippen molar-refractivity contribution in [2.24, 2.45) is 5.73 Å². The summed E-state index contributed by atoms with van der Waals surface area (Å²) in [6.07, 6.45) is 4.74. The van der Waals surface area contributed by atoms with E-state index < -0.39 is 17.3 Å². The number of nitrogens with zero attached hydrogens (tertiary/aromatic N) is 2.